The van der Waals surface area contributed by atoms with Crippen LogP contribution in [0.2, 0.25) is 0 Å². The SMILES string of the molecule is O=S(=O)(Nc1ccc(C(F)(F)F)c(O)c1)c1ccc(Oc2ccccc2C(F)(F)P)cc1. The van der Waals surface area contributed by atoms with E-state index >= 15 is 0 Å². The van der Waals surface area contributed by atoms with E-state index in [9.17, 15) is 35.5 Å². The maximum atomic E-state index is 13.7. The highest BCUT2D eigenvalue weighted by Crippen LogP contribution is 2.41. The van der Waals surface area contributed by atoms with Gasteiger partial charge in [-0.1, -0.05) is 21.4 Å². The molecule has 0 saturated carbocycles. The van der Waals surface area contributed by atoms with Crippen LogP contribution >= 0.6 is 9.24 Å². The Labute approximate surface area is 182 Å². The summed E-state index contributed by atoms with van der Waals surface area (Å²) < 4.78 is 98.0. The summed E-state index contributed by atoms with van der Waals surface area (Å²) in [6, 6.07) is 12.2. The van der Waals surface area contributed by atoms with Gasteiger partial charge in [0.05, 0.1) is 21.7 Å². The smallest absolute Gasteiger partial charge is 0.419 e. The lowest BCUT2D eigenvalue weighted by molar-refractivity contribution is -0.138. The van der Waals surface area contributed by atoms with E-state index in [2.05, 4.69) is 4.72 Å². The molecule has 5 nitrogen and oxygen atoms in total. The minimum Gasteiger partial charge on any atom is -0.507 e. The molecule has 12 heteroatoms. The molecule has 32 heavy (non-hydrogen) atoms. The summed E-state index contributed by atoms with van der Waals surface area (Å²) in [7, 11) is -2.82. The van der Waals surface area contributed by atoms with Gasteiger partial charge in [0.25, 0.3) is 15.7 Å². The van der Waals surface area contributed by atoms with E-state index in [4.69, 9.17) is 4.74 Å². The number of anilines is 1. The molecule has 0 heterocycles. The quantitative estimate of drug-likeness (QED) is 0.331. The third-order valence-corrected chi connectivity index (χ3v) is 5.87. The molecular formula is C20H15F5NO4PS. The molecular weight excluding hydrogens is 476 g/mol. The number of phenolic OH excluding ortho intramolecular Hbond substituents is 1. The van der Waals surface area contributed by atoms with Gasteiger partial charge in [-0.3, -0.25) is 4.72 Å². The van der Waals surface area contributed by atoms with Crippen LogP contribution in [-0.2, 0) is 21.9 Å². The van der Waals surface area contributed by atoms with Gasteiger partial charge in [-0.15, -0.1) is 0 Å². The van der Waals surface area contributed by atoms with E-state index in [1.54, 1.807) is 0 Å². The first kappa shape index (κ1) is 23.7. The second-order valence-electron chi connectivity index (χ2n) is 6.53. The van der Waals surface area contributed by atoms with Crippen molar-refractivity contribution < 1.29 is 40.2 Å². The highest BCUT2D eigenvalue weighted by Gasteiger charge is 2.34. The molecule has 0 bridgehead atoms. The van der Waals surface area contributed by atoms with E-state index in [1.807, 2.05) is 0 Å². The topological polar surface area (TPSA) is 75.6 Å². The molecule has 3 aromatic carbocycles. The lowest BCUT2D eigenvalue weighted by Gasteiger charge is -2.16. The van der Waals surface area contributed by atoms with Gasteiger partial charge in [-0.25, -0.2) is 8.42 Å². The first-order valence-corrected chi connectivity index (χ1v) is 10.8. The van der Waals surface area contributed by atoms with Gasteiger partial charge in [0.15, 0.2) is 0 Å². The summed E-state index contributed by atoms with van der Waals surface area (Å²) in [5.74, 6) is -1.18. The molecule has 0 amide bonds. The standard InChI is InChI=1S/C20H15F5NO4PS/c21-19(22,23)15-10-5-12(11-17(15)27)26-32(28,29)14-8-6-13(7-9-14)30-18-4-2-1-3-16(18)20(24,25)31/h1-11,26-27H,31H2. The van der Waals surface area contributed by atoms with Gasteiger partial charge in [-0.2, -0.15) is 22.0 Å². The Hall–Kier alpha value is -2.91. The Morgan fingerprint density at radius 2 is 1.50 bits per heavy atom. The molecule has 0 radical (unpaired) electrons. The fourth-order valence-corrected chi connectivity index (χ4v) is 3.98. The lowest BCUT2D eigenvalue weighted by atomic mass is 10.2. The Morgan fingerprint density at radius 1 is 0.875 bits per heavy atom. The van der Waals surface area contributed by atoms with Gasteiger partial charge < -0.3 is 9.84 Å². The highest BCUT2D eigenvalue weighted by atomic mass is 32.2. The summed E-state index contributed by atoms with van der Waals surface area (Å²) in [5.41, 5.74) is -5.21. The number of para-hydroxylation sites is 1. The van der Waals surface area contributed by atoms with E-state index in [-0.39, 0.29) is 27.6 Å². The van der Waals surface area contributed by atoms with Gasteiger partial charge in [0.1, 0.15) is 17.2 Å². The third kappa shape index (κ3) is 5.46. The van der Waals surface area contributed by atoms with Crippen LogP contribution in [0.3, 0.4) is 0 Å². The predicted molar refractivity (Wildman–Crippen MR) is 110 cm³/mol. The first-order valence-electron chi connectivity index (χ1n) is 8.74. The second kappa shape index (κ2) is 8.55. The average Bonchev–Trinajstić information content (AvgIpc) is 2.67. The van der Waals surface area contributed by atoms with Gasteiger partial charge in [-0.05, 0) is 48.5 Å². The molecule has 3 rings (SSSR count). The van der Waals surface area contributed by atoms with E-state index < -0.39 is 33.2 Å². The van der Waals surface area contributed by atoms with Crippen LogP contribution in [0.1, 0.15) is 11.1 Å². The Balaban J connectivity index is 1.80. The van der Waals surface area contributed by atoms with Crippen LogP contribution in [0, 0.1) is 0 Å². The zero-order valence-electron chi connectivity index (χ0n) is 15.9. The molecule has 0 aliphatic heterocycles. The molecule has 0 saturated heterocycles. The number of rotatable bonds is 6. The minimum absolute atomic E-state index is 0.0813. The minimum atomic E-state index is -4.80. The van der Waals surface area contributed by atoms with Gasteiger partial charge >= 0.3 is 6.18 Å². The molecule has 0 aliphatic carbocycles. The van der Waals surface area contributed by atoms with Crippen LogP contribution in [0.4, 0.5) is 27.6 Å². The van der Waals surface area contributed by atoms with E-state index in [0.29, 0.717) is 12.1 Å². The van der Waals surface area contributed by atoms with Crippen molar-refractivity contribution in [3.8, 4) is 17.2 Å². The zero-order valence-corrected chi connectivity index (χ0v) is 17.9. The van der Waals surface area contributed by atoms with Crippen LogP contribution in [0.5, 0.6) is 17.2 Å². The number of nitrogens with one attached hydrogen (secondary N) is 1. The number of ether oxygens (including phenoxy) is 1. The summed E-state index contributed by atoms with van der Waals surface area (Å²) in [4.78, 5) is -0.270. The second-order valence-corrected chi connectivity index (χ2v) is 8.94. The van der Waals surface area contributed by atoms with Crippen molar-refractivity contribution in [2.45, 2.75) is 16.7 Å². The number of halogens is 5. The molecule has 0 aliphatic rings. The normalized spacial score (nSPS) is 12.4. The number of sulfonamides is 1. The Bertz CT molecular complexity index is 1230. The van der Waals surface area contributed by atoms with Crippen molar-refractivity contribution in [1.29, 1.82) is 0 Å². The largest absolute Gasteiger partial charge is 0.507 e. The summed E-state index contributed by atoms with van der Waals surface area (Å²) in [6.45, 7) is 0. The average molecular weight is 491 g/mol. The van der Waals surface area contributed by atoms with Crippen LogP contribution in [0.15, 0.2) is 71.6 Å². The Kier molecular flexibility index (Phi) is 6.35. The molecule has 0 fully saturated rings. The maximum absolute atomic E-state index is 13.7. The summed E-state index contributed by atoms with van der Waals surface area (Å²) >= 11 is 0. The monoisotopic (exact) mass is 491 g/mol. The van der Waals surface area contributed by atoms with E-state index in [0.717, 1.165) is 18.2 Å². The van der Waals surface area contributed by atoms with Crippen molar-refractivity contribution in [3.63, 3.8) is 0 Å². The van der Waals surface area contributed by atoms with E-state index in [1.165, 1.54) is 45.6 Å². The van der Waals surface area contributed by atoms with Crippen molar-refractivity contribution >= 4 is 25.0 Å². The number of hydrogen-bond acceptors (Lipinski definition) is 4. The molecule has 2 N–H and O–H groups in total. The number of benzene rings is 3. The maximum Gasteiger partial charge on any atom is 0.419 e. The molecule has 170 valence electrons. The lowest BCUT2D eigenvalue weighted by Crippen LogP contribution is -2.13. The number of phenols is 1. The highest BCUT2D eigenvalue weighted by molar-refractivity contribution is 7.92. The van der Waals surface area contributed by atoms with Crippen LogP contribution in [-0.4, -0.2) is 13.5 Å². The summed E-state index contributed by atoms with van der Waals surface area (Å²) in [6.07, 6.45) is -4.80. The molecule has 1 atom stereocenters. The molecule has 0 aromatic heterocycles. The predicted octanol–water partition coefficient (Wildman–Crippen LogP) is 5.93. The fourth-order valence-electron chi connectivity index (χ4n) is 2.69. The molecule has 3 aromatic rings. The van der Waals surface area contributed by atoms with Gasteiger partial charge in [0.2, 0.25) is 0 Å². The number of hydrogen-bond donors (Lipinski definition) is 2. The first-order chi connectivity index (χ1) is 14.8. The Morgan fingerprint density at radius 3 is 2.06 bits per heavy atom. The van der Waals surface area contributed by atoms with Crippen LogP contribution < -0.4 is 9.46 Å². The zero-order chi connectivity index (χ0) is 23.7. The summed E-state index contributed by atoms with van der Waals surface area (Å²) in [5, 5.41) is 9.52. The number of alkyl halides is 5. The molecule has 0 spiro atoms. The van der Waals surface area contributed by atoms with Crippen molar-refractivity contribution in [2.75, 3.05) is 4.72 Å². The van der Waals surface area contributed by atoms with Crippen molar-refractivity contribution in [1.82, 2.24) is 0 Å². The van der Waals surface area contributed by atoms with Gasteiger partial charge in [0, 0.05) is 6.07 Å². The van der Waals surface area contributed by atoms with Crippen LogP contribution in [0.25, 0.3) is 0 Å². The fraction of sp³-hybridized carbons (Fsp3) is 0.100. The third-order valence-electron chi connectivity index (χ3n) is 4.16. The number of aromatic hydroxyl groups is 1. The molecule has 1 unspecified atom stereocenters. The van der Waals surface area contributed by atoms with Crippen molar-refractivity contribution in [3.05, 3.63) is 77.9 Å². The van der Waals surface area contributed by atoms with Crippen molar-refractivity contribution in [2.24, 2.45) is 0 Å².